The van der Waals surface area contributed by atoms with Crippen LogP contribution in [0.25, 0.3) is 0 Å². The topological polar surface area (TPSA) is 49.3 Å². The molecule has 0 aliphatic rings. The van der Waals surface area contributed by atoms with E-state index in [0.717, 1.165) is 6.07 Å². The predicted octanol–water partition coefficient (Wildman–Crippen LogP) is 1.96. The number of hydrogen-bond acceptors (Lipinski definition) is 2. The Balaban J connectivity index is 2.95. The lowest BCUT2D eigenvalue weighted by Gasteiger charge is -2.11. The van der Waals surface area contributed by atoms with E-state index in [0.29, 0.717) is 12.1 Å². The molecule has 100 valence electrons. The van der Waals surface area contributed by atoms with Crippen LogP contribution in [0.15, 0.2) is 18.2 Å². The molecule has 3 nitrogen and oxygen atoms in total. The van der Waals surface area contributed by atoms with Gasteiger partial charge in [-0.15, -0.1) is 0 Å². The zero-order chi connectivity index (χ0) is 13.9. The van der Waals surface area contributed by atoms with Crippen LogP contribution in [-0.4, -0.2) is 23.7 Å². The van der Waals surface area contributed by atoms with Crippen molar-refractivity contribution in [3.05, 3.63) is 35.1 Å². The van der Waals surface area contributed by atoms with E-state index in [2.05, 4.69) is 5.32 Å². The van der Waals surface area contributed by atoms with E-state index in [9.17, 15) is 22.4 Å². The van der Waals surface area contributed by atoms with Gasteiger partial charge in [0.25, 0.3) is 5.91 Å². The lowest BCUT2D eigenvalue weighted by atomic mass is 10.1. The minimum absolute atomic E-state index is 0.0996. The second kappa shape index (κ2) is 5.34. The molecule has 1 aromatic carbocycles. The third-order valence-electron chi connectivity index (χ3n) is 2.09. The van der Waals surface area contributed by atoms with Gasteiger partial charge in [0.2, 0.25) is 0 Å². The van der Waals surface area contributed by atoms with Crippen molar-refractivity contribution in [3.63, 3.8) is 0 Å². The maximum Gasteiger partial charge on any atom is 0.419 e. The average Bonchev–Trinajstić information content (AvgIpc) is 2.24. The normalized spacial score (nSPS) is 13.2. The predicted molar refractivity (Wildman–Crippen MR) is 55.4 cm³/mol. The fraction of sp³-hybridized carbons (Fsp3) is 0.364. The third-order valence-corrected chi connectivity index (χ3v) is 2.09. The maximum absolute atomic E-state index is 13.0. The molecule has 2 N–H and O–H groups in total. The number of halogens is 4. The molecule has 7 heteroatoms. The number of rotatable bonds is 3. The molecule has 0 aliphatic carbocycles. The Bertz CT molecular complexity index is 443. The monoisotopic (exact) mass is 265 g/mol. The van der Waals surface area contributed by atoms with Gasteiger partial charge in [-0.05, 0) is 25.1 Å². The van der Waals surface area contributed by atoms with Gasteiger partial charge in [0, 0.05) is 12.1 Å². The largest absolute Gasteiger partial charge is 0.419 e. The molecule has 1 rings (SSSR count). The Labute approximate surface area is 100 Å². The van der Waals surface area contributed by atoms with Gasteiger partial charge in [0.15, 0.2) is 0 Å². The molecule has 0 bridgehead atoms. The Kier molecular flexibility index (Phi) is 4.28. The number of aliphatic hydroxyl groups is 1. The summed E-state index contributed by atoms with van der Waals surface area (Å²) in [5.74, 6) is -2.24. The van der Waals surface area contributed by atoms with E-state index in [1.807, 2.05) is 0 Å². The number of carbonyl (C=O) groups excluding carboxylic acids is 1. The highest BCUT2D eigenvalue weighted by Gasteiger charge is 2.34. The van der Waals surface area contributed by atoms with Crippen molar-refractivity contribution in [2.45, 2.75) is 19.2 Å². The summed E-state index contributed by atoms with van der Waals surface area (Å²) in [6, 6.07) is 1.97. The second-order valence-corrected chi connectivity index (χ2v) is 3.75. The van der Waals surface area contributed by atoms with Crippen molar-refractivity contribution in [2.24, 2.45) is 0 Å². The van der Waals surface area contributed by atoms with Crippen LogP contribution in [0.2, 0.25) is 0 Å². The summed E-state index contributed by atoms with van der Waals surface area (Å²) in [5, 5.41) is 11.1. The lowest BCUT2D eigenvalue weighted by molar-refractivity contribution is -0.140. The molecule has 0 heterocycles. The van der Waals surface area contributed by atoms with E-state index >= 15 is 0 Å². The molecule has 0 aliphatic heterocycles. The molecule has 0 aromatic heterocycles. The summed E-state index contributed by atoms with van der Waals surface area (Å²) in [7, 11) is 0. The van der Waals surface area contributed by atoms with Crippen molar-refractivity contribution >= 4 is 5.91 Å². The average molecular weight is 265 g/mol. The van der Waals surface area contributed by atoms with E-state index in [-0.39, 0.29) is 12.1 Å². The summed E-state index contributed by atoms with van der Waals surface area (Å²) in [5.41, 5.74) is -1.81. The minimum atomic E-state index is -4.86. The molecule has 1 amide bonds. The van der Waals surface area contributed by atoms with Crippen molar-refractivity contribution in [1.29, 1.82) is 0 Å². The molecule has 0 unspecified atom stereocenters. The Morgan fingerprint density at radius 3 is 2.56 bits per heavy atom. The third kappa shape index (κ3) is 3.69. The quantitative estimate of drug-likeness (QED) is 0.821. The number of nitrogens with one attached hydrogen (secondary N) is 1. The number of benzene rings is 1. The summed E-state index contributed by atoms with van der Waals surface area (Å²) in [6.45, 7) is 1.31. The van der Waals surface area contributed by atoms with Crippen LogP contribution < -0.4 is 5.32 Å². The van der Waals surface area contributed by atoms with Crippen molar-refractivity contribution in [3.8, 4) is 0 Å². The first-order chi connectivity index (χ1) is 8.21. The van der Waals surface area contributed by atoms with Gasteiger partial charge in [0.1, 0.15) is 5.82 Å². The van der Waals surface area contributed by atoms with Gasteiger partial charge in [-0.1, -0.05) is 0 Å². The van der Waals surface area contributed by atoms with Gasteiger partial charge >= 0.3 is 6.18 Å². The Morgan fingerprint density at radius 2 is 2.06 bits per heavy atom. The first-order valence-electron chi connectivity index (χ1n) is 5.05. The number of carbonyl (C=O) groups is 1. The van der Waals surface area contributed by atoms with E-state index in [4.69, 9.17) is 5.11 Å². The number of amides is 1. The zero-order valence-electron chi connectivity index (χ0n) is 9.38. The van der Waals surface area contributed by atoms with Gasteiger partial charge in [-0.2, -0.15) is 13.2 Å². The fourth-order valence-electron chi connectivity index (χ4n) is 1.23. The van der Waals surface area contributed by atoms with Crippen LogP contribution in [0.1, 0.15) is 22.8 Å². The molecule has 0 spiro atoms. The number of hydrogen-bond donors (Lipinski definition) is 2. The molecule has 0 radical (unpaired) electrons. The maximum atomic E-state index is 13.0. The smallest absolute Gasteiger partial charge is 0.392 e. The molecular weight excluding hydrogens is 254 g/mol. The first-order valence-corrected chi connectivity index (χ1v) is 5.05. The van der Waals surface area contributed by atoms with Crippen LogP contribution in [0, 0.1) is 5.82 Å². The van der Waals surface area contributed by atoms with Gasteiger partial charge in [-0.25, -0.2) is 4.39 Å². The lowest BCUT2D eigenvalue weighted by Crippen LogP contribution is -2.30. The van der Waals surface area contributed by atoms with Crippen molar-refractivity contribution < 1.29 is 27.5 Å². The number of alkyl halides is 3. The molecule has 1 aromatic rings. The summed E-state index contributed by atoms with van der Waals surface area (Å²) in [6.07, 6.45) is -5.68. The van der Waals surface area contributed by atoms with Crippen LogP contribution in [0.5, 0.6) is 0 Å². The zero-order valence-corrected chi connectivity index (χ0v) is 9.38. The van der Waals surface area contributed by atoms with Crippen LogP contribution >= 0.6 is 0 Å². The van der Waals surface area contributed by atoms with Gasteiger partial charge in [-0.3, -0.25) is 4.79 Å². The van der Waals surface area contributed by atoms with Gasteiger partial charge in [0.05, 0.1) is 11.7 Å². The van der Waals surface area contributed by atoms with Crippen LogP contribution in [-0.2, 0) is 6.18 Å². The second-order valence-electron chi connectivity index (χ2n) is 3.75. The van der Waals surface area contributed by atoms with Crippen LogP contribution in [0.4, 0.5) is 17.6 Å². The highest BCUT2D eigenvalue weighted by molar-refractivity contribution is 5.94. The molecule has 0 fully saturated rings. The minimum Gasteiger partial charge on any atom is -0.392 e. The SMILES string of the molecule is C[C@H](O)CNC(=O)c1ccc(F)c(C(F)(F)F)c1. The highest BCUT2D eigenvalue weighted by atomic mass is 19.4. The summed E-state index contributed by atoms with van der Waals surface area (Å²) in [4.78, 5) is 11.4. The van der Waals surface area contributed by atoms with Gasteiger partial charge < -0.3 is 10.4 Å². The van der Waals surface area contributed by atoms with Crippen LogP contribution in [0.3, 0.4) is 0 Å². The molecule has 1 atom stereocenters. The standard InChI is InChI=1S/C11H11F4NO2/c1-6(17)5-16-10(18)7-2-3-9(12)8(4-7)11(13,14)15/h2-4,6,17H,5H2,1H3,(H,16,18)/t6-/m0/s1. The fourth-order valence-corrected chi connectivity index (χ4v) is 1.23. The highest BCUT2D eigenvalue weighted by Crippen LogP contribution is 2.31. The summed E-state index contributed by atoms with van der Waals surface area (Å²) >= 11 is 0. The van der Waals surface area contributed by atoms with E-state index < -0.39 is 29.6 Å². The Morgan fingerprint density at radius 1 is 1.44 bits per heavy atom. The van der Waals surface area contributed by atoms with E-state index in [1.165, 1.54) is 6.92 Å². The molecule has 18 heavy (non-hydrogen) atoms. The first kappa shape index (κ1) is 14.4. The molecule has 0 saturated heterocycles. The Hall–Kier alpha value is -1.63. The number of aliphatic hydroxyl groups excluding tert-OH is 1. The van der Waals surface area contributed by atoms with Crippen molar-refractivity contribution in [2.75, 3.05) is 6.54 Å². The summed E-state index contributed by atoms with van der Waals surface area (Å²) < 4.78 is 50.1. The van der Waals surface area contributed by atoms with E-state index in [1.54, 1.807) is 0 Å². The molecular formula is C11H11F4NO2. The molecule has 0 saturated carbocycles. The van der Waals surface area contributed by atoms with Crippen molar-refractivity contribution in [1.82, 2.24) is 5.32 Å².